The van der Waals surface area contributed by atoms with E-state index in [1.807, 2.05) is 43.6 Å². The molecule has 1 saturated heterocycles. The number of imidazole rings is 1. The molecule has 0 amide bonds. The van der Waals surface area contributed by atoms with Crippen molar-refractivity contribution in [2.24, 2.45) is 5.92 Å². The van der Waals surface area contributed by atoms with Crippen LogP contribution in [0.15, 0.2) is 36.7 Å². The van der Waals surface area contributed by atoms with Crippen LogP contribution in [0.4, 0.5) is 0 Å². The molecule has 1 aromatic carbocycles. The smallest absolute Gasteiger partial charge is 0.127 e. The maximum Gasteiger partial charge on any atom is 0.127 e. The zero-order chi connectivity index (χ0) is 17.2. The Labute approximate surface area is 143 Å². The van der Waals surface area contributed by atoms with Gasteiger partial charge in [-0.2, -0.15) is 0 Å². The number of methoxy groups -OCH3 is 1. The van der Waals surface area contributed by atoms with Crippen molar-refractivity contribution in [3.8, 4) is 11.4 Å². The second kappa shape index (κ2) is 6.95. The summed E-state index contributed by atoms with van der Waals surface area (Å²) in [6.07, 6.45) is 5.65. The molecule has 0 saturated carbocycles. The first kappa shape index (κ1) is 17.0. The van der Waals surface area contributed by atoms with Gasteiger partial charge in [0.1, 0.15) is 11.6 Å². The minimum atomic E-state index is -0.545. The summed E-state index contributed by atoms with van der Waals surface area (Å²) in [6.45, 7) is 6.74. The van der Waals surface area contributed by atoms with E-state index in [4.69, 9.17) is 4.74 Å². The molecule has 0 spiro atoms. The fourth-order valence-electron chi connectivity index (χ4n) is 3.53. The summed E-state index contributed by atoms with van der Waals surface area (Å²) >= 11 is 0. The van der Waals surface area contributed by atoms with E-state index in [0.29, 0.717) is 5.92 Å². The highest BCUT2D eigenvalue weighted by Gasteiger charge is 2.36. The molecule has 0 bridgehead atoms. The average Bonchev–Trinajstić information content (AvgIpc) is 3.04. The van der Waals surface area contributed by atoms with Crippen LogP contribution in [-0.4, -0.2) is 45.4 Å². The lowest BCUT2D eigenvalue weighted by Gasteiger charge is -2.42. The number of likely N-dealkylation sites (tertiary alicyclic amines) is 1. The van der Waals surface area contributed by atoms with Crippen LogP contribution in [0.3, 0.4) is 0 Å². The van der Waals surface area contributed by atoms with Gasteiger partial charge in [0.2, 0.25) is 0 Å². The van der Waals surface area contributed by atoms with Crippen LogP contribution < -0.4 is 4.74 Å². The molecule has 5 nitrogen and oxygen atoms in total. The third-order valence-electron chi connectivity index (χ3n) is 5.22. The summed E-state index contributed by atoms with van der Waals surface area (Å²) in [5.74, 6) is 2.19. The molecule has 24 heavy (non-hydrogen) atoms. The summed E-state index contributed by atoms with van der Waals surface area (Å²) < 4.78 is 7.34. The Hall–Kier alpha value is -1.85. The van der Waals surface area contributed by atoms with E-state index < -0.39 is 5.60 Å². The van der Waals surface area contributed by atoms with Crippen molar-refractivity contribution in [2.75, 3.05) is 20.2 Å². The number of nitrogens with zero attached hydrogens (tertiary/aromatic N) is 3. The Morgan fingerprint density at radius 3 is 2.75 bits per heavy atom. The lowest BCUT2D eigenvalue weighted by atomic mass is 9.81. The molecule has 1 fully saturated rings. The molecule has 2 heterocycles. The Bertz CT molecular complexity index is 664. The maximum atomic E-state index is 10.5. The van der Waals surface area contributed by atoms with Crippen LogP contribution in [0, 0.1) is 5.92 Å². The van der Waals surface area contributed by atoms with Gasteiger partial charge in [-0.3, -0.25) is 4.90 Å². The molecule has 2 aromatic rings. The molecule has 0 aliphatic carbocycles. The zero-order valence-electron chi connectivity index (χ0n) is 14.8. The summed E-state index contributed by atoms with van der Waals surface area (Å²) in [5.41, 5.74) is 0.538. The van der Waals surface area contributed by atoms with Crippen LogP contribution in [0.5, 0.6) is 5.75 Å². The van der Waals surface area contributed by atoms with E-state index in [2.05, 4.69) is 21.4 Å². The topological polar surface area (TPSA) is 50.5 Å². The highest BCUT2D eigenvalue weighted by molar-refractivity contribution is 5.38. The molecule has 1 aromatic heterocycles. The van der Waals surface area contributed by atoms with Gasteiger partial charge in [0.15, 0.2) is 0 Å². The van der Waals surface area contributed by atoms with Crippen molar-refractivity contribution in [3.63, 3.8) is 0 Å². The molecule has 0 unspecified atom stereocenters. The van der Waals surface area contributed by atoms with Crippen LogP contribution >= 0.6 is 0 Å². The second-order valence-electron chi connectivity index (χ2n) is 6.86. The van der Waals surface area contributed by atoms with Gasteiger partial charge in [-0.1, -0.05) is 6.92 Å². The largest absolute Gasteiger partial charge is 0.497 e. The van der Waals surface area contributed by atoms with Crippen molar-refractivity contribution in [2.45, 2.75) is 38.8 Å². The first-order valence-electron chi connectivity index (χ1n) is 8.65. The van der Waals surface area contributed by atoms with E-state index in [9.17, 15) is 5.11 Å². The molecule has 130 valence electrons. The van der Waals surface area contributed by atoms with Gasteiger partial charge in [-0.25, -0.2) is 4.98 Å². The van der Waals surface area contributed by atoms with E-state index in [1.54, 1.807) is 7.11 Å². The average molecular weight is 329 g/mol. The summed E-state index contributed by atoms with van der Waals surface area (Å²) in [7, 11) is 1.67. The Morgan fingerprint density at radius 2 is 2.08 bits per heavy atom. The fraction of sp³-hybridized carbons (Fsp3) is 0.526. The molecule has 5 heteroatoms. The number of hydrogen-bond donors (Lipinski definition) is 1. The van der Waals surface area contributed by atoms with Gasteiger partial charge in [0.05, 0.1) is 19.3 Å². The number of aromatic nitrogens is 2. The molecule has 1 aliphatic rings. The Balaban J connectivity index is 1.74. The first-order valence-corrected chi connectivity index (χ1v) is 8.65. The quantitative estimate of drug-likeness (QED) is 0.916. The van der Waals surface area contributed by atoms with Gasteiger partial charge in [-0.05, 0) is 49.9 Å². The van der Waals surface area contributed by atoms with Crippen molar-refractivity contribution < 1.29 is 9.84 Å². The van der Waals surface area contributed by atoms with Gasteiger partial charge >= 0.3 is 0 Å². The summed E-state index contributed by atoms with van der Waals surface area (Å²) in [6, 6.07) is 8.01. The number of hydrogen-bond acceptors (Lipinski definition) is 4. The maximum absolute atomic E-state index is 10.5. The van der Waals surface area contributed by atoms with E-state index in [0.717, 1.165) is 49.7 Å². The summed E-state index contributed by atoms with van der Waals surface area (Å²) in [5, 5.41) is 10.5. The van der Waals surface area contributed by atoms with Crippen molar-refractivity contribution >= 4 is 0 Å². The highest BCUT2D eigenvalue weighted by atomic mass is 16.5. The number of ether oxygens (including phenoxy) is 1. The van der Waals surface area contributed by atoms with Crippen LogP contribution in [0.25, 0.3) is 5.69 Å². The second-order valence-corrected chi connectivity index (χ2v) is 6.86. The molecule has 2 atom stereocenters. The predicted octanol–water partition coefficient (Wildman–Crippen LogP) is 2.86. The third-order valence-corrected chi connectivity index (χ3v) is 5.22. The fourth-order valence-corrected chi connectivity index (χ4v) is 3.53. The Morgan fingerprint density at radius 1 is 1.33 bits per heavy atom. The Kier molecular flexibility index (Phi) is 4.92. The monoisotopic (exact) mass is 329 g/mol. The summed E-state index contributed by atoms with van der Waals surface area (Å²) in [4.78, 5) is 6.94. The standard InChI is InChI=1S/C19H27N3O2/c1-4-15-13-21(11-9-19(15,2)23)14-18-20-10-12-22(18)16-5-7-17(24-3)8-6-16/h5-8,10,12,15,23H,4,9,11,13-14H2,1-3H3/t15-,19+/m1/s1. The molecular weight excluding hydrogens is 302 g/mol. The molecular formula is C19H27N3O2. The molecule has 3 rings (SSSR count). The van der Waals surface area contributed by atoms with E-state index in [-0.39, 0.29) is 0 Å². The molecule has 1 N–H and O–H groups in total. The van der Waals surface area contributed by atoms with Gasteiger partial charge < -0.3 is 14.4 Å². The van der Waals surface area contributed by atoms with Crippen molar-refractivity contribution in [1.29, 1.82) is 0 Å². The lowest BCUT2D eigenvalue weighted by Crippen LogP contribution is -2.49. The number of piperidine rings is 1. The van der Waals surface area contributed by atoms with Crippen LogP contribution in [0.2, 0.25) is 0 Å². The highest BCUT2D eigenvalue weighted by Crippen LogP contribution is 2.30. The van der Waals surface area contributed by atoms with Crippen molar-refractivity contribution in [1.82, 2.24) is 14.5 Å². The lowest BCUT2D eigenvalue weighted by molar-refractivity contribution is -0.0613. The van der Waals surface area contributed by atoms with Gasteiger partial charge in [0, 0.05) is 31.2 Å². The SMILES string of the molecule is CC[C@@H]1CN(Cc2nccn2-c2ccc(OC)cc2)CC[C@]1(C)O. The van der Waals surface area contributed by atoms with Crippen molar-refractivity contribution in [3.05, 3.63) is 42.5 Å². The molecule has 1 aliphatic heterocycles. The third kappa shape index (κ3) is 3.47. The minimum Gasteiger partial charge on any atom is -0.497 e. The molecule has 0 radical (unpaired) electrons. The number of benzene rings is 1. The van der Waals surface area contributed by atoms with Gasteiger partial charge in [-0.15, -0.1) is 0 Å². The first-order chi connectivity index (χ1) is 11.5. The van der Waals surface area contributed by atoms with Crippen LogP contribution in [-0.2, 0) is 6.54 Å². The van der Waals surface area contributed by atoms with E-state index in [1.165, 1.54) is 0 Å². The predicted molar refractivity (Wildman–Crippen MR) is 94.4 cm³/mol. The number of aliphatic hydroxyl groups is 1. The van der Waals surface area contributed by atoms with Crippen LogP contribution in [0.1, 0.15) is 32.5 Å². The minimum absolute atomic E-state index is 0.315. The normalized spacial score (nSPS) is 24.9. The van der Waals surface area contributed by atoms with E-state index >= 15 is 0 Å². The zero-order valence-corrected chi connectivity index (χ0v) is 14.8. The number of rotatable bonds is 5. The van der Waals surface area contributed by atoms with Gasteiger partial charge in [0.25, 0.3) is 0 Å².